The predicted octanol–water partition coefficient (Wildman–Crippen LogP) is 1.47. The fourth-order valence-electron chi connectivity index (χ4n) is 1.20. The first-order chi connectivity index (χ1) is 6.56. The van der Waals surface area contributed by atoms with E-state index in [1.807, 2.05) is 0 Å². The number of nitrogens with two attached hydrogens (primary N) is 1. The van der Waals surface area contributed by atoms with E-state index < -0.39 is 12.0 Å². The van der Waals surface area contributed by atoms with Crippen molar-refractivity contribution < 1.29 is 14.3 Å². The van der Waals surface area contributed by atoms with E-state index in [4.69, 9.17) is 10.8 Å². The van der Waals surface area contributed by atoms with Gasteiger partial charge in [0.15, 0.2) is 0 Å². The summed E-state index contributed by atoms with van der Waals surface area (Å²) in [7, 11) is 0. The van der Waals surface area contributed by atoms with Crippen molar-refractivity contribution in [3.63, 3.8) is 0 Å². The molecule has 1 aromatic rings. The standard InChI is InChI=1S/C10H12FNO2/c1-2-6-5-7(3-4-8(6)11)9(12)10(13)14/h3-5,9H,2,12H2,1H3,(H,13,14). The van der Waals surface area contributed by atoms with Crippen LogP contribution < -0.4 is 5.73 Å². The fraction of sp³-hybridized carbons (Fsp3) is 0.300. The highest BCUT2D eigenvalue weighted by atomic mass is 19.1. The number of benzene rings is 1. The highest BCUT2D eigenvalue weighted by Gasteiger charge is 2.15. The zero-order valence-electron chi connectivity index (χ0n) is 7.83. The van der Waals surface area contributed by atoms with Crippen molar-refractivity contribution >= 4 is 5.97 Å². The van der Waals surface area contributed by atoms with Gasteiger partial charge in [0.05, 0.1) is 0 Å². The van der Waals surface area contributed by atoms with E-state index >= 15 is 0 Å². The molecule has 0 aromatic heterocycles. The fourth-order valence-corrected chi connectivity index (χ4v) is 1.20. The summed E-state index contributed by atoms with van der Waals surface area (Å²) in [6.07, 6.45) is 0.520. The molecule has 1 rings (SSSR count). The molecule has 0 saturated carbocycles. The lowest BCUT2D eigenvalue weighted by molar-refractivity contribution is -0.138. The van der Waals surface area contributed by atoms with Gasteiger partial charge >= 0.3 is 5.97 Å². The van der Waals surface area contributed by atoms with Gasteiger partial charge in [-0.3, -0.25) is 4.79 Å². The smallest absolute Gasteiger partial charge is 0.325 e. The number of carboxylic acid groups (broad SMARTS) is 1. The van der Waals surface area contributed by atoms with Crippen LogP contribution in [-0.2, 0) is 11.2 Å². The Morgan fingerprint density at radius 3 is 2.79 bits per heavy atom. The lowest BCUT2D eigenvalue weighted by atomic mass is 10.0. The molecule has 76 valence electrons. The average Bonchev–Trinajstić information content (AvgIpc) is 2.17. The maximum absolute atomic E-state index is 13.0. The summed E-state index contributed by atoms with van der Waals surface area (Å²) < 4.78 is 13.0. The van der Waals surface area contributed by atoms with Gasteiger partial charge in [0.25, 0.3) is 0 Å². The van der Waals surface area contributed by atoms with Crippen molar-refractivity contribution in [2.24, 2.45) is 5.73 Å². The second-order valence-corrected chi connectivity index (χ2v) is 3.02. The molecular formula is C10H12FNO2. The number of aliphatic carboxylic acids is 1. The third kappa shape index (κ3) is 2.09. The van der Waals surface area contributed by atoms with Crippen LogP contribution in [0.15, 0.2) is 18.2 Å². The molecule has 0 heterocycles. The molecule has 0 radical (unpaired) electrons. The van der Waals surface area contributed by atoms with Crippen molar-refractivity contribution in [3.05, 3.63) is 35.1 Å². The van der Waals surface area contributed by atoms with Crippen LogP contribution in [0.4, 0.5) is 4.39 Å². The van der Waals surface area contributed by atoms with Gasteiger partial charge in [0.1, 0.15) is 11.9 Å². The molecule has 0 saturated heterocycles. The molecule has 1 aromatic carbocycles. The van der Waals surface area contributed by atoms with Crippen molar-refractivity contribution in [2.45, 2.75) is 19.4 Å². The normalized spacial score (nSPS) is 12.5. The van der Waals surface area contributed by atoms with E-state index in [1.165, 1.54) is 18.2 Å². The van der Waals surface area contributed by atoms with Crippen LogP contribution >= 0.6 is 0 Å². The van der Waals surface area contributed by atoms with Crippen LogP contribution in [0, 0.1) is 5.82 Å². The monoisotopic (exact) mass is 197 g/mol. The van der Waals surface area contributed by atoms with E-state index in [0.29, 0.717) is 17.5 Å². The van der Waals surface area contributed by atoms with Gasteiger partial charge in [-0.25, -0.2) is 4.39 Å². The Morgan fingerprint density at radius 2 is 2.29 bits per heavy atom. The van der Waals surface area contributed by atoms with Gasteiger partial charge in [-0.1, -0.05) is 19.1 Å². The molecule has 3 nitrogen and oxygen atoms in total. The van der Waals surface area contributed by atoms with Crippen LogP contribution in [0.1, 0.15) is 24.1 Å². The summed E-state index contributed by atoms with van der Waals surface area (Å²) in [6, 6.07) is 3.05. The van der Waals surface area contributed by atoms with Crippen LogP contribution in [0.25, 0.3) is 0 Å². The second-order valence-electron chi connectivity index (χ2n) is 3.02. The summed E-state index contributed by atoms with van der Waals surface area (Å²) in [5.41, 5.74) is 6.30. The van der Waals surface area contributed by atoms with Gasteiger partial charge in [-0.15, -0.1) is 0 Å². The van der Waals surface area contributed by atoms with Gasteiger partial charge in [-0.05, 0) is 23.6 Å². The van der Waals surface area contributed by atoms with Crippen molar-refractivity contribution in [1.29, 1.82) is 0 Å². The number of aryl methyl sites for hydroxylation is 1. The molecule has 0 aliphatic rings. The molecule has 1 unspecified atom stereocenters. The number of rotatable bonds is 3. The zero-order chi connectivity index (χ0) is 10.7. The molecular weight excluding hydrogens is 185 g/mol. The van der Waals surface area contributed by atoms with E-state index in [9.17, 15) is 9.18 Å². The first-order valence-electron chi connectivity index (χ1n) is 4.33. The lowest BCUT2D eigenvalue weighted by Gasteiger charge is -2.08. The van der Waals surface area contributed by atoms with Crippen molar-refractivity contribution in [3.8, 4) is 0 Å². The molecule has 1 atom stereocenters. The van der Waals surface area contributed by atoms with Crippen LogP contribution in [0.5, 0.6) is 0 Å². The third-order valence-electron chi connectivity index (χ3n) is 2.08. The predicted molar refractivity (Wildman–Crippen MR) is 50.3 cm³/mol. The van der Waals surface area contributed by atoms with Gasteiger partial charge in [-0.2, -0.15) is 0 Å². The van der Waals surface area contributed by atoms with E-state index in [-0.39, 0.29) is 5.82 Å². The number of hydrogen-bond donors (Lipinski definition) is 2. The lowest BCUT2D eigenvalue weighted by Crippen LogP contribution is -2.20. The molecule has 0 aliphatic heterocycles. The topological polar surface area (TPSA) is 63.3 Å². The number of carbonyl (C=O) groups is 1. The van der Waals surface area contributed by atoms with E-state index in [1.54, 1.807) is 6.92 Å². The Morgan fingerprint density at radius 1 is 1.64 bits per heavy atom. The molecule has 3 N–H and O–H groups in total. The molecule has 0 bridgehead atoms. The first-order valence-corrected chi connectivity index (χ1v) is 4.33. The van der Waals surface area contributed by atoms with Gasteiger partial charge < -0.3 is 10.8 Å². The maximum atomic E-state index is 13.0. The zero-order valence-corrected chi connectivity index (χ0v) is 7.83. The minimum Gasteiger partial charge on any atom is -0.480 e. The number of hydrogen-bond acceptors (Lipinski definition) is 2. The summed E-state index contributed by atoms with van der Waals surface area (Å²) in [6.45, 7) is 1.80. The largest absolute Gasteiger partial charge is 0.480 e. The van der Waals surface area contributed by atoms with Crippen LogP contribution in [0.3, 0.4) is 0 Å². The van der Waals surface area contributed by atoms with Gasteiger partial charge in [0, 0.05) is 0 Å². The number of halogens is 1. The maximum Gasteiger partial charge on any atom is 0.325 e. The summed E-state index contributed by atoms with van der Waals surface area (Å²) in [4.78, 5) is 10.6. The molecule has 0 amide bonds. The van der Waals surface area contributed by atoms with Crippen LogP contribution in [-0.4, -0.2) is 11.1 Å². The quantitative estimate of drug-likeness (QED) is 0.771. The van der Waals surface area contributed by atoms with Crippen LogP contribution in [0.2, 0.25) is 0 Å². The highest BCUT2D eigenvalue weighted by molar-refractivity contribution is 5.75. The molecule has 0 aliphatic carbocycles. The molecule has 4 heteroatoms. The Hall–Kier alpha value is -1.42. The highest BCUT2D eigenvalue weighted by Crippen LogP contribution is 2.16. The van der Waals surface area contributed by atoms with Crippen molar-refractivity contribution in [1.82, 2.24) is 0 Å². The first kappa shape index (κ1) is 10.7. The Labute approximate surface area is 81.4 Å². The number of carboxylic acids is 1. The minimum absolute atomic E-state index is 0.325. The Balaban J connectivity index is 3.06. The Kier molecular flexibility index (Phi) is 3.19. The SMILES string of the molecule is CCc1cc(C(N)C(=O)O)ccc1F. The third-order valence-corrected chi connectivity index (χ3v) is 2.08. The average molecular weight is 197 g/mol. The molecule has 0 spiro atoms. The van der Waals surface area contributed by atoms with E-state index in [2.05, 4.69) is 0 Å². The summed E-state index contributed by atoms with van der Waals surface area (Å²) in [5, 5.41) is 8.65. The van der Waals surface area contributed by atoms with Crippen molar-refractivity contribution in [2.75, 3.05) is 0 Å². The molecule has 0 fully saturated rings. The summed E-state index contributed by atoms with van der Waals surface area (Å²) >= 11 is 0. The molecule has 14 heavy (non-hydrogen) atoms. The van der Waals surface area contributed by atoms with E-state index in [0.717, 1.165) is 0 Å². The Bertz CT molecular complexity index is 352. The second kappa shape index (κ2) is 4.19. The summed E-state index contributed by atoms with van der Waals surface area (Å²) in [5.74, 6) is -1.44. The van der Waals surface area contributed by atoms with Gasteiger partial charge in [0.2, 0.25) is 0 Å². The minimum atomic E-state index is -1.11.